The number of hydrogen-bond donors (Lipinski definition) is 0. The Morgan fingerprint density at radius 1 is 1.12 bits per heavy atom. The van der Waals surface area contributed by atoms with E-state index in [1.165, 1.54) is 6.42 Å². The minimum absolute atomic E-state index is 0.0245. The molecule has 26 heavy (non-hydrogen) atoms. The number of piperidine rings is 1. The van der Waals surface area contributed by atoms with Crippen LogP contribution in [0.25, 0.3) is 22.3 Å². The Bertz CT molecular complexity index is 993. The van der Waals surface area contributed by atoms with E-state index in [4.69, 9.17) is 23.2 Å². The van der Waals surface area contributed by atoms with E-state index in [0.717, 1.165) is 36.9 Å². The zero-order valence-corrected chi connectivity index (χ0v) is 15.9. The minimum atomic E-state index is 0.0245. The van der Waals surface area contributed by atoms with Crippen molar-refractivity contribution in [2.24, 2.45) is 7.05 Å². The summed E-state index contributed by atoms with van der Waals surface area (Å²) in [6, 6.07) is 7.09. The molecule has 3 heterocycles. The van der Waals surface area contributed by atoms with Crippen LogP contribution in [0.15, 0.2) is 30.5 Å². The highest BCUT2D eigenvalue weighted by molar-refractivity contribution is 6.36. The molecule has 2 aromatic heterocycles. The Labute approximate surface area is 161 Å². The van der Waals surface area contributed by atoms with Gasteiger partial charge < -0.3 is 4.90 Å². The average Bonchev–Trinajstić information content (AvgIpc) is 3.02. The van der Waals surface area contributed by atoms with Crippen LogP contribution in [0.3, 0.4) is 0 Å². The van der Waals surface area contributed by atoms with Crippen LogP contribution < -0.4 is 0 Å². The van der Waals surface area contributed by atoms with Gasteiger partial charge in [-0.05, 0) is 43.5 Å². The number of fused-ring (bicyclic) bond motifs is 1. The highest BCUT2D eigenvalue weighted by atomic mass is 35.5. The molecule has 4 rings (SSSR count). The smallest absolute Gasteiger partial charge is 0.254 e. The Kier molecular flexibility index (Phi) is 4.59. The molecule has 0 bridgehead atoms. The molecule has 1 aliphatic rings. The molecule has 5 nitrogen and oxygen atoms in total. The summed E-state index contributed by atoms with van der Waals surface area (Å²) in [6.07, 6.45) is 4.96. The van der Waals surface area contributed by atoms with Gasteiger partial charge in [0.2, 0.25) is 0 Å². The molecule has 1 aromatic carbocycles. The number of hydrogen-bond acceptors (Lipinski definition) is 3. The van der Waals surface area contributed by atoms with Gasteiger partial charge in [-0.25, -0.2) is 4.98 Å². The van der Waals surface area contributed by atoms with Crippen molar-refractivity contribution < 1.29 is 4.79 Å². The molecule has 1 saturated heterocycles. The predicted octanol–water partition coefficient (Wildman–Crippen LogP) is 4.57. The van der Waals surface area contributed by atoms with Gasteiger partial charge >= 0.3 is 0 Å². The predicted molar refractivity (Wildman–Crippen MR) is 104 cm³/mol. The van der Waals surface area contributed by atoms with E-state index in [2.05, 4.69) is 10.1 Å². The SMILES string of the molecule is Cn1ncc2c(C(=O)N3CCCCC3)cc(-c3ccc(Cl)cc3Cl)nc21. The first-order valence-electron chi connectivity index (χ1n) is 8.62. The zero-order valence-electron chi connectivity index (χ0n) is 14.4. The normalized spacial score (nSPS) is 14.8. The molecule has 1 aliphatic heterocycles. The third-order valence-electron chi connectivity index (χ3n) is 4.79. The molecule has 0 unspecified atom stereocenters. The second-order valence-electron chi connectivity index (χ2n) is 6.54. The van der Waals surface area contributed by atoms with E-state index in [1.807, 2.05) is 24.1 Å². The molecule has 1 fully saturated rings. The third kappa shape index (κ3) is 3.06. The average molecular weight is 389 g/mol. The van der Waals surface area contributed by atoms with Crippen LogP contribution in [0.1, 0.15) is 29.6 Å². The number of pyridine rings is 1. The van der Waals surface area contributed by atoms with Crippen molar-refractivity contribution in [1.82, 2.24) is 19.7 Å². The van der Waals surface area contributed by atoms with Gasteiger partial charge in [-0.3, -0.25) is 9.48 Å². The highest BCUT2D eigenvalue weighted by Crippen LogP contribution is 2.32. The Morgan fingerprint density at radius 3 is 2.62 bits per heavy atom. The number of aryl methyl sites for hydroxylation is 1. The van der Waals surface area contributed by atoms with E-state index in [9.17, 15) is 4.79 Å². The van der Waals surface area contributed by atoms with Gasteiger partial charge in [-0.1, -0.05) is 23.2 Å². The quantitative estimate of drug-likeness (QED) is 0.645. The van der Waals surface area contributed by atoms with Crippen molar-refractivity contribution in [3.63, 3.8) is 0 Å². The number of benzene rings is 1. The van der Waals surface area contributed by atoms with Crippen molar-refractivity contribution in [2.45, 2.75) is 19.3 Å². The van der Waals surface area contributed by atoms with Gasteiger partial charge in [0.1, 0.15) is 0 Å². The fourth-order valence-corrected chi connectivity index (χ4v) is 3.90. The Hall–Kier alpha value is -2.11. The lowest BCUT2D eigenvalue weighted by Gasteiger charge is -2.27. The molecule has 0 radical (unpaired) electrons. The standard InChI is InChI=1S/C19H18Cl2N4O/c1-24-18-15(11-22-24)14(19(26)25-7-3-2-4-8-25)10-17(23-18)13-6-5-12(20)9-16(13)21/h5-6,9-11H,2-4,7-8H2,1H3. The second-order valence-corrected chi connectivity index (χ2v) is 7.38. The summed E-state index contributed by atoms with van der Waals surface area (Å²) in [5.41, 5.74) is 2.66. The number of rotatable bonds is 2. The lowest BCUT2D eigenvalue weighted by Crippen LogP contribution is -2.35. The number of likely N-dealkylation sites (tertiary alicyclic amines) is 1. The third-order valence-corrected chi connectivity index (χ3v) is 5.33. The second kappa shape index (κ2) is 6.89. The van der Waals surface area contributed by atoms with Crippen LogP contribution in [-0.4, -0.2) is 38.7 Å². The maximum absolute atomic E-state index is 13.2. The van der Waals surface area contributed by atoms with Crippen LogP contribution in [0, 0.1) is 0 Å². The summed E-state index contributed by atoms with van der Waals surface area (Å²) in [5, 5.41) is 6.11. The molecule has 7 heteroatoms. The molecule has 1 amide bonds. The maximum atomic E-state index is 13.2. The van der Waals surface area contributed by atoms with Crippen molar-refractivity contribution in [2.75, 3.05) is 13.1 Å². The molecule has 0 N–H and O–H groups in total. The molecular formula is C19H18Cl2N4O. The van der Waals surface area contributed by atoms with Crippen molar-refractivity contribution in [1.29, 1.82) is 0 Å². The van der Waals surface area contributed by atoms with E-state index < -0.39 is 0 Å². The topological polar surface area (TPSA) is 51.0 Å². The fourth-order valence-electron chi connectivity index (χ4n) is 3.39. The number of carbonyl (C=O) groups is 1. The molecule has 134 valence electrons. The number of aromatic nitrogens is 3. The van der Waals surface area contributed by atoms with E-state index in [1.54, 1.807) is 23.0 Å². The summed E-state index contributed by atoms with van der Waals surface area (Å²) in [5.74, 6) is 0.0245. The first-order chi connectivity index (χ1) is 12.5. The largest absolute Gasteiger partial charge is 0.339 e. The van der Waals surface area contributed by atoms with Gasteiger partial charge in [-0.2, -0.15) is 5.10 Å². The summed E-state index contributed by atoms with van der Waals surface area (Å²) in [6.45, 7) is 1.58. The summed E-state index contributed by atoms with van der Waals surface area (Å²) in [4.78, 5) is 19.8. The van der Waals surface area contributed by atoms with Crippen molar-refractivity contribution >= 4 is 40.1 Å². The van der Waals surface area contributed by atoms with Crippen LogP contribution in [-0.2, 0) is 7.05 Å². The molecule has 0 atom stereocenters. The number of amides is 1. The molecule has 0 spiro atoms. The monoisotopic (exact) mass is 388 g/mol. The van der Waals surface area contributed by atoms with Crippen LogP contribution in [0.4, 0.5) is 0 Å². The van der Waals surface area contributed by atoms with Crippen LogP contribution in [0.5, 0.6) is 0 Å². The first kappa shape index (κ1) is 17.3. The van der Waals surface area contributed by atoms with Gasteiger partial charge in [0.15, 0.2) is 5.65 Å². The van der Waals surface area contributed by atoms with Crippen molar-refractivity contribution in [3.05, 3.63) is 46.1 Å². The number of nitrogens with zero attached hydrogens (tertiary/aromatic N) is 4. The minimum Gasteiger partial charge on any atom is -0.339 e. The number of halogens is 2. The van der Waals surface area contributed by atoms with E-state index in [-0.39, 0.29) is 5.91 Å². The molecule has 0 aliphatic carbocycles. The van der Waals surface area contributed by atoms with Gasteiger partial charge in [0, 0.05) is 30.7 Å². The Balaban J connectivity index is 1.87. The lowest BCUT2D eigenvalue weighted by molar-refractivity contribution is 0.0726. The van der Waals surface area contributed by atoms with E-state index in [0.29, 0.717) is 26.9 Å². The molecule has 0 saturated carbocycles. The van der Waals surface area contributed by atoms with Crippen LogP contribution >= 0.6 is 23.2 Å². The number of carbonyl (C=O) groups excluding carboxylic acids is 1. The summed E-state index contributed by atoms with van der Waals surface area (Å²) in [7, 11) is 1.82. The first-order valence-corrected chi connectivity index (χ1v) is 9.37. The van der Waals surface area contributed by atoms with Gasteiger partial charge in [0.05, 0.1) is 27.9 Å². The van der Waals surface area contributed by atoms with E-state index >= 15 is 0 Å². The van der Waals surface area contributed by atoms with Gasteiger partial charge in [0.25, 0.3) is 5.91 Å². The fraction of sp³-hybridized carbons (Fsp3) is 0.316. The lowest BCUT2D eigenvalue weighted by atomic mass is 10.0. The molecular weight excluding hydrogens is 371 g/mol. The van der Waals surface area contributed by atoms with Gasteiger partial charge in [-0.15, -0.1) is 0 Å². The molecule has 3 aromatic rings. The Morgan fingerprint density at radius 2 is 1.88 bits per heavy atom. The zero-order chi connectivity index (χ0) is 18.3. The van der Waals surface area contributed by atoms with Crippen LogP contribution in [0.2, 0.25) is 10.0 Å². The highest BCUT2D eigenvalue weighted by Gasteiger charge is 2.23. The maximum Gasteiger partial charge on any atom is 0.254 e. The van der Waals surface area contributed by atoms with Crippen molar-refractivity contribution in [3.8, 4) is 11.3 Å². The summed E-state index contributed by atoms with van der Waals surface area (Å²) >= 11 is 12.4. The summed E-state index contributed by atoms with van der Waals surface area (Å²) < 4.78 is 1.68.